The van der Waals surface area contributed by atoms with E-state index in [2.05, 4.69) is 6.92 Å². The van der Waals surface area contributed by atoms with E-state index in [1.165, 1.54) is 10.4 Å². The van der Waals surface area contributed by atoms with Gasteiger partial charge >= 0.3 is 0 Å². The molecule has 1 aliphatic heterocycles. The highest BCUT2D eigenvalue weighted by molar-refractivity contribution is 7.89. The van der Waals surface area contributed by atoms with Crippen LogP contribution in [0, 0.1) is 6.92 Å². The van der Waals surface area contributed by atoms with Gasteiger partial charge in [-0.2, -0.15) is 4.31 Å². The third-order valence-electron chi connectivity index (χ3n) is 4.23. The molecule has 1 aromatic rings. The van der Waals surface area contributed by atoms with Gasteiger partial charge in [0.15, 0.2) is 0 Å². The molecule has 0 amide bonds. The van der Waals surface area contributed by atoms with Crippen LogP contribution in [0.25, 0.3) is 0 Å². The molecular formula is C18H28ClNO4S. The second kappa shape index (κ2) is 8.71. The van der Waals surface area contributed by atoms with Crippen LogP contribution >= 0.6 is 11.6 Å². The van der Waals surface area contributed by atoms with Crippen molar-refractivity contribution in [2.75, 3.05) is 19.7 Å². The summed E-state index contributed by atoms with van der Waals surface area (Å²) >= 11 is 6.21. The Hall–Kier alpha value is -0.820. The molecule has 2 atom stereocenters. The number of sulfonamides is 1. The second-order valence-electron chi connectivity index (χ2n) is 6.68. The molecule has 7 heteroatoms. The van der Waals surface area contributed by atoms with Crippen LogP contribution in [-0.2, 0) is 14.8 Å². The van der Waals surface area contributed by atoms with Crippen LogP contribution in [0.3, 0.4) is 0 Å². The minimum Gasteiger partial charge on any atom is -0.492 e. The average Bonchev–Trinajstić information content (AvgIpc) is 2.53. The van der Waals surface area contributed by atoms with Crippen molar-refractivity contribution in [2.24, 2.45) is 0 Å². The molecule has 0 spiro atoms. The van der Waals surface area contributed by atoms with Crippen LogP contribution in [0.1, 0.15) is 45.6 Å². The molecule has 0 bridgehead atoms. The van der Waals surface area contributed by atoms with Crippen molar-refractivity contribution in [3.8, 4) is 5.75 Å². The summed E-state index contributed by atoms with van der Waals surface area (Å²) in [6.07, 6.45) is 2.73. The summed E-state index contributed by atoms with van der Waals surface area (Å²) in [7, 11) is -3.70. The fraction of sp³-hybridized carbons (Fsp3) is 0.667. The Morgan fingerprint density at radius 3 is 2.48 bits per heavy atom. The van der Waals surface area contributed by atoms with Crippen molar-refractivity contribution in [3.05, 3.63) is 22.7 Å². The average molecular weight is 390 g/mol. The van der Waals surface area contributed by atoms with Gasteiger partial charge in [-0.05, 0) is 44.9 Å². The predicted molar refractivity (Wildman–Crippen MR) is 100.0 cm³/mol. The number of hydrogen-bond donors (Lipinski definition) is 0. The zero-order valence-electron chi connectivity index (χ0n) is 15.4. The largest absolute Gasteiger partial charge is 0.492 e. The molecule has 2 unspecified atom stereocenters. The van der Waals surface area contributed by atoms with Gasteiger partial charge in [0.05, 0.1) is 18.8 Å². The summed E-state index contributed by atoms with van der Waals surface area (Å²) in [5.74, 6) is 0.379. The molecule has 1 heterocycles. The fourth-order valence-corrected chi connectivity index (χ4v) is 4.91. The minimum absolute atomic E-state index is 0.140. The van der Waals surface area contributed by atoms with Gasteiger partial charge in [-0.3, -0.25) is 0 Å². The zero-order valence-corrected chi connectivity index (χ0v) is 17.0. The first-order chi connectivity index (χ1) is 11.8. The maximum absolute atomic E-state index is 13.2. The first kappa shape index (κ1) is 20.5. The van der Waals surface area contributed by atoms with Crippen molar-refractivity contribution >= 4 is 21.6 Å². The molecule has 0 aliphatic carbocycles. The van der Waals surface area contributed by atoms with Crippen molar-refractivity contribution < 1.29 is 17.9 Å². The SMILES string of the molecule is CCCCCOc1cc(C)c(Cl)cc1S(=O)(=O)N1CC(C)OC(C)C1. The summed E-state index contributed by atoms with van der Waals surface area (Å²) in [5.41, 5.74) is 0.801. The summed E-state index contributed by atoms with van der Waals surface area (Å²) in [5, 5.41) is 0.425. The second-order valence-corrected chi connectivity index (χ2v) is 9.00. The molecule has 1 aromatic carbocycles. The molecule has 1 saturated heterocycles. The maximum Gasteiger partial charge on any atom is 0.246 e. The topological polar surface area (TPSA) is 55.8 Å². The third-order valence-corrected chi connectivity index (χ3v) is 6.49. The number of rotatable bonds is 7. The number of hydrogen-bond acceptors (Lipinski definition) is 4. The number of ether oxygens (including phenoxy) is 2. The number of aryl methyl sites for hydroxylation is 1. The lowest BCUT2D eigenvalue weighted by Crippen LogP contribution is -2.48. The molecule has 0 N–H and O–H groups in total. The third kappa shape index (κ3) is 5.09. The van der Waals surface area contributed by atoms with Crippen LogP contribution in [0.5, 0.6) is 5.75 Å². The van der Waals surface area contributed by atoms with E-state index in [-0.39, 0.29) is 17.1 Å². The van der Waals surface area contributed by atoms with E-state index in [1.54, 1.807) is 6.07 Å². The van der Waals surface area contributed by atoms with Crippen molar-refractivity contribution in [3.63, 3.8) is 0 Å². The summed E-state index contributed by atoms with van der Waals surface area (Å²) in [6, 6.07) is 3.22. The summed E-state index contributed by atoms with van der Waals surface area (Å²) in [4.78, 5) is 0.140. The van der Waals surface area contributed by atoms with Crippen molar-refractivity contribution in [1.29, 1.82) is 0 Å². The highest BCUT2D eigenvalue weighted by Crippen LogP contribution is 2.33. The number of halogens is 1. The smallest absolute Gasteiger partial charge is 0.246 e. The van der Waals surface area contributed by atoms with Crippen molar-refractivity contribution in [2.45, 2.75) is 64.1 Å². The molecule has 1 aliphatic rings. The van der Waals surface area contributed by atoms with Gasteiger partial charge in [-0.1, -0.05) is 31.4 Å². The highest BCUT2D eigenvalue weighted by atomic mass is 35.5. The van der Waals surface area contributed by atoms with Crippen LogP contribution in [0.2, 0.25) is 5.02 Å². The molecule has 0 saturated carbocycles. The van der Waals surface area contributed by atoms with Gasteiger partial charge in [-0.25, -0.2) is 8.42 Å². The van der Waals surface area contributed by atoms with Gasteiger partial charge in [0.2, 0.25) is 10.0 Å². The maximum atomic E-state index is 13.2. The van der Waals surface area contributed by atoms with E-state index in [0.29, 0.717) is 30.5 Å². The standard InChI is InChI=1S/C18H28ClNO4S/c1-5-6-7-8-23-17-9-13(2)16(19)10-18(17)25(21,22)20-11-14(3)24-15(4)12-20/h9-10,14-15H,5-8,11-12H2,1-4H3. The Bertz CT molecular complexity index is 683. The van der Waals surface area contributed by atoms with E-state index >= 15 is 0 Å². The summed E-state index contributed by atoms with van der Waals surface area (Å²) in [6.45, 7) is 8.86. The van der Waals surface area contributed by atoms with Crippen LogP contribution < -0.4 is 4.74 Å². The van der Waals surface area contributed by atoms with Crippen LogP contribution in [0.15, 0.2) is 17.0 Å². The van der Waals surface area contributed by atoms with E-state index in [9.17, 15) is 8.42 Å². The van der Waals surface area contributed by atoms with E-state index < -0.39 is 10.0 Å². The molecule has 25 heavy (non-hydrogen) atoms. The Morgan fingerprint density at radius 1 is 1.24 bits per heavy atom. The van der Waals surface area contributed by atoms with E-state index in [0.717, 1.165) is 24.8 Å². The van der Waals surface area contributed by atoms with Gasteiger partial charge < -0.3 is 9.47 Å². The van der Waals surface area contributed by atoms with Gasteiger partial charge in [-0.15, -0.1) is 0 Å². The lowest BCUT2D eigenvalue weighted by Gasteiger charge is -2.34. The van der Waals surface area contributed by atoms with Crippen molar-refractivity contribution in [1.82, 2.24) is 4.31 Å². The Morgan fingerprint density at radius 2 is 1.88 bits per heavy atom. The normalized spacial score (nSPS) is 22.1. The summed E-state index contributed by atoms with van der Waals surface area (Å²) < 4.78 is 39.3. The monoisotopic (exact) mass is 389 g/mol. The lowest BCUT2D eigenvalue weighted by atomic mass is 10.2. The quantitative estimate of drug-likeness (QED) is 0.661. The lowest BCUT2D eigenvalue weighted by molar-refractivity contribution is -0.0441. The highest BCUT2D eigenvalue weighted by Gasteiger charge is 2.34. The molecule has 142 valence electrons. The Balaban J connectivity index is 2.33. The van der Waals surface area contributed by atoms with Gasteiger partial charge in [0.1, 0.15) is 10.6 Å². The van der Waals surface area contributed by atoms with Crippen LogP contribution in [0.4, 0.5) is 0 Å². The van der Waals surface area contributed by atoms with Gasteiger partial charge in [0, 0.05) is 18.1 Å². The Kier molecular flexibility index (Phi) is 7.14. The first-order valence-electron chi connectivity index (χ1n) is 8.84. The number of nitrogens with zero attached hydrogens (tertiary/aromatic N) is 1. The number of benzene rings is 1. The number of unbranched alkanes of at least 4 members (excludes halogenated alkanes) is 2. The molecule has 0 radical (unpaired) electrons. The zero-order chi connectivity index (χ0) is 18.6. The molecule has 5 nitrogen and oxygen atoms in total. The molecular weight excluding hydrogens is 362 g/mol. The fourth-order valence-electron chi connectivity index (χ4n) is 2.95. The minimum atomic E-state index is -3.70. The van der Waals surface area contributed by atoms with Gasteiger partial charge in [0.25, 0.3) is 0 Å². The van der Waals surface area contributed by atoms with E-state index in [4.69, 9.17) is 21.1 Å². The molecule has 0 aromatic heterocycles. The molecule has 2 rings (SSSR count). The first-order valence-corrected chi connectivity index (χ1v) is 10.7. The number of morpholine rings is 1. The Labute approximate surface area is 156 Å². The molecule has 1 fully saturated rings. The van der Waals surface area contributed by atoms with Crippen LogP contribution in [-0.4, -0.2) is 44.6 Å². The van der Waals surface area contributed by atoms with E-state index in [1.807, 2.05) is 20.8 Å². The predicted octanol–water partition coefficient (Wildman–Crippen LogP) is 4.02.